The van der Waals surface area contributed by atoms with Crippen LogP contribution in [0.5, 0.6) is 5.75 Å². The number of aliphatic hydroxyl groups excluding tert-OH is 1. The van der Waals surface area contributed by atoms with Crippen molar-refractivity contribution in [2.45, 2.75) is 6.04 Å². The number of rotatable bonds is 4. The molecule has 0 bridgehead atoms. The van der Waals surface area contributed by atoms with Crippen molar-refractivity contribution >= 4 is 33.4 Å². The molecule has 3 N–H and O–H groups in total. The van der Waals surface area contributed by atoms with Gasteiger partial charge in [-0.1, -0.05) is 39.7 Å². The van der Waals surface area contributed by atoms with Crippen molar-refractivity contribution in [3.63, 3.8) is 0 Å². The van der Waals surface area contributed by atoms with Crippen molar-refractivity contribution in [3.8, 4) is 17.0 Å². The second-order valence-electron chi connectivity index (χ2n) is 6.20. The summed E-state index contributed by atoms with van der Waals surface area (Å²) in [5.74, 6) is -0.219. The first-order valence-electron chi connectivity index (χ1n) is 8.25. The van der Waals surface area contributed by atoms with Crippen molar-refractivity contribution in [3.05, 3.63) is 68.8 Å². The second kappa shape index (κ2) is 6.99. The number of β-amino-alcohol motifs (C(OH)–C–C–N with tert-alkyl or cyclic N) is 1. The van der Waals surface area contributed by atoms with Crippen LogP contribution < -0.4 is 0 Å². The molecule has 0 saturated heterocycles. The van der Waals surface area contributed by atoms with Gasteiger partial charge in [0.05, 0.1) is 12.6 Å². The number of aliphatic hydroxyl groups is 1. The molecule has 2 aromatic carbocycles. The van der Waals surface area contributed by atoms with E-state index in [9.17, 15) is 15.0 Å². The number of fused-ring (bicyclic) bond motifs is 1. The number of benzene rings is 2. The fourth-order valence-corrected chi connectivity index (χ4v) is 3.87. The van der Waals surface area contributed by atoms with E-state index in [0.29, 0.717) is 27.5 Å². The average molecular weight is 449 g/mol. The maximum absolute atomic E-state index is 12.9. The molecule has 1 atom stereocenters. The van der Waals surface area contributed by atoms with Gasteiger partial charge >= 0.3 is 0 Å². The van der Waals surface area contributed by atoms with E-state index < -0.39 is 6.04 Å². The summed E-state index contributed by atoms with van der Waals surface area (Å²) >= 11 is 9.52. The number of phenolic OH excluding ortho intramolecular Hbond substituents is 1. The van der Waals surface area contributed by atoms with E-state index in [-0.39, 0.29) is 24.8 Å². The van der Waals surface area contributed by atoms with E-state index in [2.05, 4.69) is 26.1 Å². The molecule has 27 heavy (non-hydrogen) atoms. The number of nitrogens with zero attached hydrogens (tertiary/aromatic N) is 2. The second-order valence-corrected chi connectivity index (χ2v) is 7.55. The molecule has 4 rings (SSSR count). The van der Waals surface area contributed by atoms with Gasteiger partial charge in [-0.3, -0.25) is 9.89 Å². The van der Waals surface area contributed by atoms with Gasteiger partial charge in [0, 0.05) is 27.2 Å². The predicted octanol–water partition coefficient (Wildman–Crippen LogP) is 3.74. The molecule has 1 aromatic heterocycles. The van der Waals surface area contributed by atoms with Gasteiger partial charge in [0.2, 0.25) is 0 Å². The Hall–Kier alpha value is -2.35. The summed E-state index contributed by atoms with van der Waals surface area (Å²) in [4.78, 5) is 14.5. The molecule has 3 aromatic rings. The van der Waals surface area contributed by atoms with Gasteiger partial charge < -0.3 is 15.1 Å². The molecule has 8 heteroatoms. The number of aromatic hydroxyl groups is 1. The Morgan fingerprint density at radius 1 is 1.22 bits per heavy atom. The predicted molar refractivity (Wildman–Crippen MR) is 105 cm³/mol. The van der Waals surface area contributed by atoms with Crippen LogP contribution in [-0.2, 0) is 0 Å². The number of aromatic amines is 1. The van der Waals surface area contributed by atoms with Gasteiger partial charge in [0.1, 0.15) is 17.1 Å². The van der Waals surface area contributed by atoms with Gasteiger partial charge in [0.25, 0.3) is 5.91 Å². The molecule has 1 amide bonds. The van der Waals surface area contributed by atoms with Crippen LogP contribution in [0.3, 0.4) is 0 Å². The summed E-state index contributed by atoms with van der Waals surface area (Å²) in [6.07, 6.45) is 0. The van der Waals surface area contributed by atoms with Crippen molar-refractivity contribution in [2.24, 2.45) is 0 Å². The quantitative estimate of drug-likeness (QED) is 0.567. The third kappa shape index (κ3) is 3.01. The number of phenols is 1. The van der Waals surface area contributed by atoms with Crippen molar-refractivity contribution in [1.82, 2.24) is 15.1 Å². The third-order valence-electron chi connectivity index (χ3n) is 4.60. The van der Waals surface area contributed by atoms with Gasteiger partial charge in [-0.25, -0.2) is 0 Å². The van der Waals surface area contributed by atoms with E-state index in [4.69, 9.17) is 11.6 Å². The average Bonchev–Trinajstić information content (AvgIpc) is 3.19. The normalized spacial score (nSPS) is 16.0. The van der Waals surface area contributed by atoms with Crippen LogP contribution in [-0.4, -0.2) is 44.4 Å². The maximum Gasteiger partial charge on any atom is 0.273 e. The SMILES string of the molecule is O=C1c2[nH]nc(-c3cc(Cl)ccc3O)c2C(c2ccc(Br)cc2)N1CCO. The molecule has 0 saturated carbocycles. The molecule has 2 heterocycles. The fourth-order valence-electron chi connectivity index (χ4n) is 3.43. The first-order chi connectivity index (χ1) is 13.0. The van der Waals surface area contributed by atoms with Crippen molar-refractivity contribution in [2.75, 3.05) is 13.2 Å². The van der Waals surface area contributed by atoms with E-state index >= 15 is 0 Å². The first-order valence-corrected chi connectivity index (χ1v) is 9.42. The summed E-state index contributed by atoms with van der Waals surface area (Å²) in [5.41, 5.74) is 2.80. The number of carbonyl (C=O) groups excluding carboxylic acids is 1. The number of carbonyl (C=O) groups is 1. The van der Waals surface area contributed by atoms with E-state index in [1.807, 2.05) is 24.3 Å². The molecule has 0 fully saturated rings. The molecule has 1 aliphatic heterocycles. The lowest BCUT2D eigenvalue weighted by Gasteiger charge is -2.25. The van der Waals surface area contributed by atoms with E-state index in [1.54, 1.807) is 17.0 Å². The molecule has 6 nitrogen and oxygen atoms in total. The largest absolute Gasteiger partial charge is 0.507 e. The summed E-state index contributed by atoms with van der Waals surface area (Å²) in [6, 6.07) is 11.9. The Kier molecular flexibility index (Phi) is 4.67. The zero-order valence-electron chi connectivity index (χ0n) is 14.0. The highest BCUT2D eigenvalue weighted by atomic mass is 79.9. The maximum atomic E-state index is 12.9. The molecule has 138 valence electrons. The Bertz CT molecular complexity index is 1020. The lowest BCUT2D eigenvalue weighted by molar-refractivity contribution is 0.0706. The molecule has 0 spiro atoms. The number of halogens is 2. The Balaban J connectivity index is 1.92. The van der Waals surface area contributed by atoms with Gasteiger partial charge in [-0.2, -0.15) is 5.10 Å². The number of aromatic nitrogens is 2. The lowest BCUT2D eigenvalue weighted by Crippen LogP contribution is -2.32. The summed E-state index contributed by atoms with van der Waals surface area (Å²) in [6.45, 7) is 0.0251. The van der Waals surface area contributed by atoms with Crippen LogP contribution in [0.15, 0.2) is 46.9 Å². The zero-order valence-corrected chi connectivity index (χ0v) is 16.3. The minimum absolute atomic E-state index is 0.0244. The van der Waals surface area contributed by atoms with Crippen LogP contribution in [0.2, 0.25) is 5.02 Å². The highest BCUT2D eigenvalue weighted by Crippen LogP contribution is 2.44. The van der Waals surface area contributed by atoms with Crippen LogP contribution in [0.1, 0.15) is 27.7 Å². The minimum atomic E-state index is -0.431. The molecule has 1 aliphatic rings. The van der Waals surface area contributed by atoms with Crippen molar-refractivity contribution < 1.29 is 15.0 Å². The summed E-state index contributed by atoms with van der Waals surface area (Å²) in [5, 5.41) is 27.3. The minimum Gasteiger partial charge on any atom is -0.507 e. The van der Waals surface area contributed by atoms with Crippen LogP contribution >= 0.6 is 27.5 Å². The Morgan fingerprint density at radius 3 is 2.67 bits per heavy atom. The molecule has 0 radical (unpaired) electrons. The fraction of sp³-hybridized carbons (Fsp3) is 0.158. The zero-order chi connectivity index (χ0) is 19.1. The van der Waals surface area contributed by atoms with Gasteiger partial charge in [-0.05, 0) is 35.9 Å². The van der Waals surface area contributed by atoms with Crippen LogP contribution in [0.25, 0.3) is 11.3 Å². The standard InChI is InChI=1S/C19H15BrClN3O3/c20-11-3-1-10(2-4-11)18-15-16(13-9-12(21)5-6-14(13)26)22-23-17(15)19(27)24(18)7-8-25/h1-6,9,18,25-26H,7-8H2,(H,22,23). The van der Waals surface area contributed by atoms with E-state index in [0.717, 1.165) is 10.0 Å². The summed E-state index contributed by atoms with van der Waals surface area (Å²) in [7, 11) is 0. The lowest BCUT2D eigenvalue weighted by atomic mass is 9.96. The molecule has 1 unspecified atom stereocenters. The number of amides is 1. The third-order valence-corrected chi connectivity index (χ3v) is 5.37. The molecular formula is C19H15BrClN3O3. The molecule has 0 aliphatic carbocycles. The number of nitrogens with one attached hydrogen (secondary N) is 1. The Labute approximate surface area is 168 Å². The van der Waals surface area contributed by atoms with Crippen LogP contribution in [0.4, 0.5) is 0 Å². The molecular weight excluding hydrogens is 434 g/mol. The highest BCUT2D eigenvalue weighted by Gasteiger charge is 2.42. The highest BCUT2D eigenvalue weighted by molar-refractivity contribution is 9.10. The number of hydrogen-bond donors (Lipinski definition) is 3. The number of hydrogen-bond acceptors (Lipinski definition) is 4. The first kappa shape index (κ1) is 18.0. The van der Waals surface area contributed by atoms with Crippen molar-refractivity contribution in [1.29, 1.82) is 0 Å². The van der Waals surface area contributed by atoms with Gasteiger partial charge in [-0.15, -0.1) is 0 Å². The number of H-pyrrole nitrogens is 1. The van der Waals surface area contributed by atoms with Gasteiger partial charge in [0.15, 0.2) is 0 Å². The van der Waals surface area contributed by atoms with Crippen LogP contribution in [0, 0.1) is 0 Å². The topological polar surface area (TPSA) is 89.5 Å². The smallest absolute Gasteiger partial charge is 0.273 e. The van der Waals surface area contributed by atoms with E-state index in [1.165, 1.54) is 6.07 Å². The monoisotopic (exact) mass is 447 g/mol. The summed E-state index contributed by atoms with van der Waals surface area (Å²) < 4.78 is 0.921. The Morgan fingerprint density at radius 2 is 1.96 bits per heavy atom.